The number of amides is 1. The normalized spacial score (nSPS) is 12.5. The lowest BCUT2D eigenvalue weighted by molar-refractivity contribution is -0.124. The molecule has 2 atom stereocenters. The van der Waals surface area contributed by atoms with E-state index in [1.54, 1.807) is 0 Å². The summed E-state index contributed by atoms with van der Waals surface area (Å²) >= 11 is 0. The zero-order valence-electron chi connectivity index (χ0n) is 15.2. The van der Waals surface area contributed by atoms with Crippen LogP contribution in [0.3, 0.4) is 0 Å². The Bertz CT molecular complexity index is 673. The standard InChI is InChI=1S/C18H26N4O.2ClH/c1-12(10-16-13(2)21-22(4)14(16)3)18(23)20-11-17(19)15-8-6-5-7-9-15;;/h5-9,12,17H,10-11,19H2,1-4H3,(H,20,23);2*1H. The van der Waals surface area contributed by atoms with Crippen LogP contribution in [0.1, 0.15) is 35.5 Å². The minimum Gasteiger partial charge on any atom is -0.354 e. The van der Waals surface area contributed by atoms with Crippen molar-refractivity contribution in [3.63, 3.8) is 0 Å². The first-order valence-electron chi connectivity index (χ1n) is 7.97. The van der Waals surface area contributed by atoms with Crippen LogP contribution in [0, 0.1) is 19.8 Å². The van der Waals surface area contributed by atoms with Crippen molar-refractivity contribution in [3.05, 3.63) is 52.8 Å². The van der Waals surface area contributed by atoms with Gasteiger partial charge in [0.1, 0.15) is 0 Å². The van der Waals surface area contributed by atoms with Gasteiger partial charge in [-0.3, -0.25) is 9.48 Å². The van der Waals surface area contributed by atoms with E-state index in [1.807, 2.05) is 62.8 Å². The zero-order valence-corrected chi connectivity index (χ0v) is 16.8. The molecule has 2 aromatic rings. The van der Waals surface area contributed by atoms with Crippen LogP contribution in [0.5, 0.6) is 0 Å². The second-order valence-corrected chi connectivity index (χ2v) is 6.14. The van der Waals surface area contributed by atoms with E-state index in [2.05, 4.69) is 10.4 Å². The average molecular weight is 387 g/mol. The Morgan fingerprint density at radius 2 is 1.84 bits per heavy atom. The number of carbonyl (C=O) groups is 1. The number of benzene rings is 1. The third kappa shape index (κ3) is 6.03. The van der Waals surface area contributed by atoms with Gasteiger partial charge >= 0.3 is 0 Å². The van der Waals surface area contributed by atoms with E-state index >= 15 is 0 Å². The molecule has 3 N–H and O–H groups in total. The molecule has 1 aromatic carbocycles. The fourth-order valence-electron chi connectivity index (χ4n) is 2.71. The van der Waals surface area contributed by atoms with Crippen molar-refractivity contribution in [1.82, 2.24) is 15.1 Å². The monoisotopic (exact) mass is 386 g/mol. The molecule has 0 fully saturated rings. The fraction of sp³-hybridized carbons (Fsp3) is 0.444. The molecule has 5 nitrogen and oxygen atoms in total. The van der Waals surface area contributed by atoms with Crippen molar-refractivity contribution >= 4 is 30.7 Å². The van der Waals surface area contributed by atoms with Gasteiger partial charge < -0.3 is 11.1 Å². The quantitative estimate of drug-likeness (QED) is 0.801. The summed E-state index contributed by atoms with van der Waals surface area (Å²) < 4.78 is 1.86. The highest BCUT2D eigenvalue weighted by atomic mass is 35.5. The number of halogens is 2. The predicted octanol–water partition coefficient (Wildman–Crippen LogP) is 2.88. The van der Waals surface area contributed by atoms with Crippen molar-refractivity contribution in [2.75, 3.05) is 6.54 Å². The molecule has 2 unspecified atom stereocenters. The number of carbonyl (C=O) groups excluding carboxylic acids is 1. The second-order valence-electron chi connectivity index (χ2n) is 6.14. The van der Waals surface area contributed by atoms with E-state index in [0.717, 1.165) is 22.5 Å². The van der Waals surface area contributed by atoms with Gasteiger partial charge in [0.2, 0.25) is 5.91 Å². The maximum absolute atomic E-state index is 12.3. The van der Waals surface area contributed by atoms with Crippen molar-refractivity contribution < 1.29 is 4.79 Å². The molecule has 1 amide bonds. The van der Waals surface area contributed by atoms with Crippen LogP contribution in [0.15, 0.2) is 30.3 Å². The average Bonchev–Trinajstić information content (AvgIpc) is 2.79. The van der Waals surface area contributed by atoms with Crippen molar-refractivity contribution in [2.24, 2.45) is 18.7 Å². The molecule has 2 rings (SSSR count). The molecule has 0 saturated carbocycles. The summed E-state index contributed by atoms with van der Waals surface area (Å²) in [4.78, 5) is 12.3. The van der Waals surface area contributed by atoms with Gasteiger partial charge in [0, 0.05) is 31.2 Å². The van der Waals surface area contributed by atoms with Crippen LogP contribution in [-0.4, -0.2) is 22.2 Å². The summed E-state index contributed by atoms with van der Waals surface area (Å²) in [6.07, 6.45) is 0.692. The number of rotatable bonds is 6. The van der Waals surface area contributed by atoms with Crippen LogP contribution in [0.2, 0.25) is 0 Å². The Labute approximate surface area is 162 Å². The summed E-state index contributed by atoms with van der Waals surface area (Å²) in [5, 5.41) is 7.36. The van der Waals surface area contributed by atoms with E-state index in [9.17, 15) is 4.79 Å². The summed E-state index contributed by atoms with van der Waals surface area (Å²) in [6, 6.07) is 9.62. The van der Waals surface area contributed by atoms with Crippen molar-refractivity contribution in [1.29, 1.82) is 0 Å². The third-order valence-corrected chi connectivity index (χ3v) is 4.34. The highest BCUT2D eigenvalue weighted by Gasteiger charge is 2.19. The maximum atomic E-state index is 12.3. The molecule has 7 heteroatoms. The van der Waals surface area contributed by atoms with E-state index in [0.29, 0.717) is 13.0 Å². The molecule has 1 heterocycles. The predicted molar refractivity (Wildman–Crippen MR) is 106 cm³/mol. The van der Waals surface area contributed by atoms with E-state index in [1.165, 1.54) is 0 Å². The van der Waals surface area contributed by atoms with Crippen LogP contribution in [0.4, 0.5) is 0 Å². The van der Waals surface area contributed by atoms with Gasteiger partial charge in [-0.1, -0.05) is 37.3 Å². The number of aromatic nitrogens is 2. The molecule has 0 aliphatic rings. The molecule has 0 radical (unpaired) electrons. The first kappa shape index (κ1) is 23.4. The van der Waals surface area contributed by atoms with Gasteiger partial charge in [-0.2, -0.15) is 5.10 Å². The lowest BCUT2D eigenvalue weighted by atomic mass is 9.98. The van der Waals surface area contributed by atoms with E-state index in [4.69, 9.17) is 5.73 Å². The first-order valence-corrected chi connectivity index (χ1v) is 7.97. The number of nitrogens with one attached hydrogen (secondary N) is 1. The number of nitrogens with zero attached hydrogens (tertiary/aromatic N) is 2. The molecular weight excluding hydrogens is 359 g/mol. The highest BCUT2D eigenvalue weighted by Crippen LogP contribution is 2.17. The molecule has 1 aromatic heterocycles. The Balaban J connectivity index is 0.00000288. The molecular formula is C18H28Cl2N4O. The van der Waals surface area contributed by atoms with Crippen LogP contribution in [0.25, 0.3) is 0 Å². The van der Waals surface area contributed by atoms with Gasteiger partial charge in [-0.25, -0.2) is 0 Å². The Morgan fingerprint density at radius 3 is 2.36 bits per heavy atom. The van der Waals surface area contributed by atoms with E-state index in [-0.39, 0.29) is 42.7 Å². The lowest BCUT2D eigenvalue weighted by Crippen LogP contribution is -2.36. The number of hydrogen-bond donors (Lipinski definition) is 2. The largest absolute Gasteiger partial charge is 0.354 e. The van der Waals surface area contributed by atoms with Crippen molar-refractivity contribution in [3.8, 4) is 0 Å². The van der Waals surface area contributed by atoms with Gasteiger partial charge in [-0.15, -0.1) is 24.8 Å². The lowest BCUT2D eigenvalue weighted by Gasteiger charge is -2.16. The Hall–Kier alpha value is -1.56. The number of hydrogen-bond acceptors (Lipinski definition) is 3. The summed E-state index contributed by atoms with van der Waals surface area (Å²) in [6.45, 7) is 6.40. The minimum atomic E-state index is -0.186. The minimum absolute atomic E-state index is 0. The Morgan fingerprint density at radius 1 is 1.24 bits per heavy atom. The molecule has 25 heavy (non-hydrogen) atoms. The van der Waals surface area contributed by atoms with Crippen LogP contribution in [-0.2, 0) is 18.3 Å². The third-order valence-electron chi connectivity index (χ3n) is 4.34. The summed E-state index contributed by atoms with van der Waals surface area (Å²) in [5.74, 6) is -0.0846. The number of aryl methyl sites for hydroxylation is 2. The molecule has 0 spiro atoms. The van der Waals surface area contributed by atoms with Crippen LogP contribution < -0.4 is 11.1 Å². The van der Waals surface area contributed by atoms with Gasteiger partial charge in [-0.05, 0) is 31.4 Å². The molecule has 0 saturated heterocycles. The maximum Gasteiger partial charge on any atom is 0.223 e. The second kappa shape index (κ2) is 10.4. The van der Waals surface area contributed by atoms with Crippen LogP contribution >= 0.6 is 24.8 Å². The van der Waals surface area contributed by atoms with E-state index < -0.39 is 0 Å². The zero-order chi connectivity index (χ0) is 17.0. The highest BCUT2D eigenvalue weighted by molar-refractivity contribution is 5.85. The molecule has 140 valence electrons. The molecule has 0 bridgehead atoms. The smallest absolute Gasteiger partial charge is 0.223 e. The number of nitrogens with two attached hydrogens (primary N) is 1. The Kier molecular flexibility index (Phi) is 9.78. The summed E-state index contributed by atoms with van der Waals surface area (Å²) in [5.41, 5.74) is 10.4. The topological polar surface area (TPSA) is 72.9 Å². The SMILES string of the molecule is Cc1nn(C)c(C)c1CC(C)C(=O)NCC(N)c1ccccc1.Cl.Cl. The van der Waals surface area contributed by atoms with Gasteiger partial charge in [0.15, 0.2) is 0 Å². The molecule has 0 aliphatic heterocycles. The van der Waals surface area contributed by atoms with Gasteiger partial charge in [0.25, 0.3) is 0 Å². The first-order chi connectivity index (χ1) is 10.9. The fourth-order valence-corrected chi connectivity index (χ4v) is 2.71. The molecule has 0 aliphatic carbocycles. The van der Waals surface area contributed by atoms with Gasteiger partial charge in [0.05, 0.1) is 5.69 Å². The van der Waals surface area contributed by atoms with Crippen molar-refractivity contribution in [2.45, 2.75) is 33.2 Å². The summed E-state index contributed by atoms with van der Waals surface area (Å²) in [7, 11) is 1.93.